The molecule has 12 aromatic rings. The minimum atomic E-state index is 0.889. The Morgan fingerprint density at radius 2 is 0.793 bits per heavy atom. The number of hydrogen-bond acceptors (Lipinski definition) is 3. The molecule has 0 atom stereocenters. The number of hydrogen-bond donors (Lipinski definition) is 0. The molecule has 3 heterocycles. The number of nitrogens with zero attached hydrogens (tertiary/aromatic N) is 3. The van der Waals surface area contributed by atoms with Gasteiger partial charge < -0.3 is 18.6 Å². The molecule has 4 heteroatoms. The first kappa shape index (κ1) is 32.4. The van der Waals surface area contributed by atoms with Crippen molar-refractivity contribution in [2.75, 3.05) is 9.80 Å². The molecule has 0 spiro atoms. The van der Waals surface area contributed by atoms with Gasteiger partial charge in [0.1, 0.15) is 11.1 Å². The molecule has 0 fully saturated rings. The molecule has 0 saturated heterocycles. The molecule has 0 aliphatic carbocycles. The molecule has 3 aromatic heterocycles. The van der Waals surface area contributed by atoms with Gasteiger partial charge in [0.05, 0.1) is 27.8 Å². The summed E-state index contributed by atoms with van der Waals surface area (Å²) in [5, 5.41) is 9.32. The van der Waals surface area contributed by atoms with Crippen molar-refractivity contribution in [3.8, 4) is 0 Å². The molecule has 0 N–H and O–H groups in total. The third-order valence-corrected chi connectivity index (χ3v) is 11.7. The second-order valence-electron chi connectivity index (χ2n) is 14.9. The number of aromatic nitrogens is 1. The molecular formula is C54H35N3O. The number of benzene rings is 9. The molecule has 0 radical (unpaired) electrons. The van der Waals surface area contributed by atoms with E-state index in [1.807, 2.05) is 0 Å². The van der Waals surface area contributed by atoms with Crippen LogP contribution in [0.3, 0.4) is 0 Å². The highest BCUT2D eigenvalue weighted by molar-refractivity contribution is 6.28. The van der Waals surface area contributed by atoms with Crippen LogP contribution in [0.5, 0.6) is 0 Å². The molecule has 4 nitrogen and oxygen atoms in total. The fraction of sp³-hybridized carbons (Fsp3) is 0. The maximum absolute atomic E-state index is 6.95. The second-order valence-corrected chi connectivity index (χ2v) is 14.9. The van der Waals surface area contributed by atoms with Crippen molar-refractivity contribution < 1.29 is 4.42 Å². The number of furan rings is 1. The highest BCUT2D eigenvalue weighted by atomic mass is 16.3. The smallest absolute Gasteiger partial charge is 0.161 e. The fourth-order valence-electron chi connectivity index (χ4n) is 9.26. The van der Waals surface area contributed by atoms with Gasteiger partial charge in [-0.1, -0.05) is 133 Å². The van der Waals surface area contributed by atoms with Gasteiger partial charge in [0.25, 0.3) is 0 Å². The van der Waals surface area contributed by atoms with Crippen molar-refractivity contribution >= 4 is 105 Å². The van der Waals surface area contributed by atoms with Crippen molar-refractivity contribution in [3.05, 3.63) is 212 Å². The Hall–Kier alpha value is -7.82. The van der Waals surface area contributed by atoms with Crippen LogP contribution in [-0.4, -0.2) is 4.40 Å². The Kier molecular flexibility index (Phi) is 7.20. The van der Waals surface area contributed by atoms with Crippen LogP contribution in [0.1, 0.15) is 0 Å². The van der Waals surface area contributed by atoms with Crippen LogP contribution < -0.4 is 9.80 Å². The Morgan fingerprint density at radius 1 is 0.328 bits per heavy atom. The number of rotatable bonds is 6. The van der Waals surface area contributed by atoms with Crippen LogP contribution in [0.4, 0.5) is 34.1 Å². The summed E-state index contributed by atoms with van der Waals surface area (Å²) in [5.41, 5.74) is 11.7. The van der Waals surface area contributed by atoms with Gasteiger partial charge in [0.15, 0.2) is 5.58 Å². The van der Waals surface area contributed by atoms with Crippen LogP contribution in [0.2, 0.25) is 0 Å². The third kappa shape index (κ3) is 4.82. The third-order valence-electron chi connectivity index (χ3n) is 11.7. The van der Waals surface area contributed by atoms with Crippen molar-refractivity contribution in [2.45, 2.75) is 0 Å². The summed E-state index contributed by atoms with van der Waals surface area (Å²) in [7, 11) is 0. The van der Waals surface area contributed by atoms with Crippen LogP contribution in [0, 0.1) is 0 Å². The molecule has 12 rings (SSSR count). The van der Waals surface area contributed by atoms with E-state index in [0.29, 0.717) is 0 Å². The Balaban J connectivity index is 1.14. The Morgan fingerprint density at radius 3 is 1.40 bits per heavy atom. The van der Waals surface area contributed by atoms with Gasteiger partial charge in [-0.05, 0) is 95.0 Å². The van der Waals surface area contributed by atoms with Gasteiger partial charge in [-0.2, -0.15) is 0 Å². The first-order chi connectivity index (χ1) is 28.8. The zero-order valence-electron chi connectivity index (χ0n) is 31.5. The van der Waals surface area contributed by atoms with E-state index in [1.54, 1.807) is 0 Å². The predicted octanol–water partition coefficient (Wildman–Crippen LogP) is 15.4. The molecule has 9 aromatic carbocycles. The van der Waals surface area contributed by atoms with Crippen LogP contribution >= 0.6 is 0 Å². The van der Waals surface area contributed by atoms with E-state index in [2.05, 4.69) is 227 Å². The van der Waals surface area contributed by atoms with Gasteiger partial charge in [-0.25, -0.2) is 0 Å². The average Bonchev–Trinajstić information content (AvgIpc) is 3.82. The lowest BCUT2D eigenvalue weighted by atomic mass is 10.0. The van der Waals surface area contributed by atoms with E-state index >= 15 is 0 Å². The molecule has 0 bridgehead atoms. The molecule has 0 aliphatic heterocycles. The fourth-order valence-corrected chi connectivity index (χ4v) is 9.26. The minimum Gasteiger partial charge on any atom is -0.454 e. The van der Waals surface area contributed by atoms with Crippen molar-refractivity contribution in [1.82, 2.24) is 4.40 Å². The lowest BCUT2D eigenvalue weighted by molar-refractivity contribution is 0.673. The normalized spacial score (nSPS) is 11.8. The monoisotopic (exact) mass is 741 g/mol. The Labute approximate surface area is 334 Å². The maximum Gasteiger partial charge on any atom is 0.161 e. The van der Waals surface area contributed by atoms with Crippen molar-refractivity contribution in [1.29, 1.82) is 0 Å². The van der Waals surface area contributed by atoms with E-state index in [-0.39, 0.29) is 0 Å². The SMILES string of the molecule is c1ccc(N(c2ccccc2)c2ccc(N(c3ccccc3)c3ccc4c(c3)c3oc5cccc6c7ccccc7c7ccccc7n4c3c56)c3ccccc23)cc1. The lowest BCUT2D eigenvalue weighted by Gasteiger charge is -2.30. The van der Waals surface area contributed by atoms with Crippen molar-refractivity contribution in [3.63, 3.8) is 0 Å². The highest BCUT2D eigenvalue weighted by Gasteiger charge is 2.24. The largest absolute Gasteiger partial charge is 0.454 e. The summed E-state index contributed by atoms with van der Waals surface area (Å²) >= 11 is 0. The van der Waals surface area contributed by atoms with Gasteiger partial charge in [0, 0.05) is 44.3 Å². The van der Waals surface area contributed by atoms with Crippen LogP contribution in [0.25, 0.3) is 70.8 Å². The van der Waals surface area contributed by atoms with E-state index < -0.39 is 0 Å². The summed E-state index contributed by atoms with van der Waals surface area (Å²) in [6, 6.07) is 76.1. The van der Waals surface area contributed by atoms with E-state index in [4.69, 9.17) is 4.42 Å². The van der Waals surface area contributed by atoms with Crippen molar-refractivity contribution in [2.24, 2.45) is 0 Å². The molecule has 0 saturated carbocycles. The van der Waals surface area contributed by atoms with Gasteiger partial charge in [-0.3, -0.25) is 0 Å². The van der Waals surface area contributed by atoms with E-state index in [1.165, 1.54) is 21.5 Å². The predicted molar refractivity (Wildman–Crippen MR) is 244 cm³/mol. The maximum atomic E-state index is 6.95. The average molecular weight is 742 g/mol. The number of para-hydroxylation sites is 4. The first-order valence-corrected chi connectivity index (χ1v) is 19.8. The number of anilines is 6. The highest BCUT2D eigenvalue weighted by Crippen LogP contribution is 2.48. The van der Waals surface area contributed by atoms with Gasteiger partial charge >= 0.3 is 0 Å². The van der Waals surface area contributed by atoms with Gasteiger partial charge in [0.2, 0.25) is 0 Å². The standard InChI is InChI=1S/C54H35N3O/c1-4-17-36(18-5-1)55(37-19-6-2-7-20-37)48-33-34-49(44-27-13-12-26-43(44)48)56(38-21-8-3-9-22-38)39-31-32-50-46(35-39)54-53-52-45(28-16-30-51(52)58-54)41-24-11-10-23-40(41)42-25-14-15-29-47(42)57(50)53/h1-35H. The molecule has 0 unspecified atom stereocenters. The lowest BCUT2D eigenvalue weighted by Crippen LogP contribution is -2.13. The summed E-state index contributed by atoms with van der Waals surface area (Å²) < 4.78 is 9.37. The minimum absolute atomic E-state index is 0.889. The van der Waals surface area contributed by atoms with E-state index in [0.717, 1.165) is 83.4 Å². The zero-order valence-corrected chi connectivity index (χ0v) is 31.5. The van der Waals surface area contributed by atoms with E-state index in [9.17, 15) is 0 Å². The van der Waals surface area contributed by atoms with Crippen LogP contribution in [0.15, 0.2) is 217 Å². The van der Waals surface area contributed by atoms with Crippen LogP contribution in [-0.2, 0) is 0 Å². The first-order valence-electron chi connectivity index (χ1n) is 19.8. The zero-order chi connectivity index (χ0) is 38.2. The Bertz CT molecular complexity index is 3480. The molecule has 0 aliphatic rings. The summed E-state index contributed by atoms with van der Waals surface area (Å²) in [6.45, 7) is 0. The number of fused-ring (bicyclic) bond motifs is 9. The molecule has 0 amide bonds. The molecular weight excluding hydrogens is 707 g/mol. The second kappa shape index (κ2) is 12.9. The quantitative estimate of drug-likeness (QED) is 0.170. The van der Waals surface area contributed by atoms with Gasteiger partial charge in [-0.15, -0.1) is 0 Å². The summed E-state index contributed by atoms with van der Waals surface area (Å²) in [5.74, 6) is 0. The molecule has 272 valence electrons. The summed E-state index contributed by atoms with van der Waals surface area (Å²) in [4.78, 5) is 4.74. The summed E-state index contributed by atoms with van der Waals surface area (Å²) in [6.07, 6.45) is 0. The topological polar surface area (TPSA) is 24.0 Å². The molecule has 58 heavy (non-hydrogen) atoms.